The zero-order valence-electron chi connectivity index (χ0n) is 10.5. The van der Waals surface area contributed by atoms with E-state index in [1.54, 1.807) is 12.1 Å². The molecule has 0 saturated carbocycles. The van der Waals surface area contributed by atoms with Crippen LogP contribution in [0, 0.1) is 0 Å². The van der Waals surface area contributed by atoms with E-state index < -0.39 is 15.9 Å². The van der Waals surface area contributed by atoms with Crippen LogP contribution in [0.1, 0.15) is 10.4 Å². The van der Waals surface area contributed by atoms with Crippen molar-refractivity contribution >= 4 is 44.8 Å². The zero-order valence-corrected chi connectivity index (χ0v) is 12.8. The predicted octanol–water partition coefficient (Wildman–Crippen LogP) is 2.89. The summed E-state index contributed by atoms with van der Waals surface area (Å²) in [4.78, 5) is 11.1. The molecule has 0 aliphatic heterocycles. The highest BCUT2D eigenvalue weighted by Gasteiger charge is 2.21. The van der Waals surface area contributed by atoms with Gasteiger partial charge in [-0.05, 0) is 24.3 Å². The molecule has 0 bridgehead atoms. The molecule has 0 aliphatic rings. The second-order valence-corrected chi connectivity index (χ2v) is 6.50. The first-order valence-electron chi connectivity index (χ1n) is 5.68. The molecule has 0 atom stereocenters. The van der Waals surface area contributed by atoms with Gasteiger partial charge in [-0.2, -0.15) is 0 Å². The number of hydrogen-bond acceptors (Lipinski definition) is 3. The van der Waals surface area contributed by atoms with Crippen molar-refractivity contribution in [2.24, 2.45) is 5.73 Å². The molecule has 0 radical (unpaired) electrons. The fraction of sp³-hybridized carbons (Fsp3) is 0. The van der Waals surface area contributed by atoms with E-state index in [1.807, 2.05) is 0 Å². The molecule has 3 N–H and O–H groups in total. The van der Waals surface area contributed by atoms with E-state index in [9.17, 15) is 13.2 Å². The summed E-state index contributed by atoms with van der Waals surface area (Å²) in [6, 6.07) is 10.2. The fourth-order valence-corrected chi connectivity index (χ4v) is 3.52. The van der Waals surface area contributed by atoms with E-state index in [0.717, 1.165) is 0 Å². The molecule has 0 unspecified atom stereocenters. The summed E-state index contributed by atoms with van der Waals surface area (Å²) < 4.78 is 27.0. The van der Waals surface area contributed by atoms with E-state index in [2.05, 4.69) is 4.72 Å². The molecule has 5 nitrogen and oxygen atoms in total. The SMILES string of the molecule is NC(=O)c1ccccc1NS(=O)(=O)c1cccc(Cl)c1Cl. The number of anilines is 1. The monoisotopic (exact) mass is 344 g/mol. The summed E-state index contributed by atoms with van der Waals surface area (Å²) in [5.74, 6) is -0.745. The number of primary amides is 1. The molecule has 0 spiro atoms. The third kappa shape index (κ3) is 3.29. The minimum Gasteiger partial charge on any atom is -0.366 e. The molecule has 0 saturated heterocycles. The van der Waals surface area contributed by atoms with Gasteiger partial charge in [0, 0.05) is 0 Å². The van der Waals surface area contributed by atoms with Crippen LogP contribution in [0.5, 0.6) is 0 Å². The Morgan fingerprint density at radius 1 is 1.05 bits per heavy atom. The van der Waals surface area contributed by atoms with Crippen molar-refractivity contribution in [2.45, 2.75) is 4.90 Å². The van der Waals surface area contributed by atoms with Crippen LogP contribution in [-0.2, 0) is 10.0 Å². The summed E-state index contributed by atoms with van der Waals surface area (Å²) in [7, 11) is -4.00. The Hall–Kier alpha value is -1.76. The molecular formula is C13H10Cl2N2O3S. The van der Waals surface area contributed by atoms with Crippen molar-refractivity contribution in [2.75, 3.05) is 4.72 Å². The lowest BCUT2D eigenvalue weighted by molar-refractivity contribution is 0.100. The number of nitrogens with one attached hydrogen (secondary N) is 1. The molecule has 110 valence electrons. The third-order valence-corrected chi connectivity index (χ3v) is 4.98. The highest BCUT2D eigenvalue weighted by molar-refractivity contribution is 7.92. The quantitative estimate of drug-likeness (QED) is 0.893. The van der Waals surface area contributed by atoms with Crippen LogP contribution in [0.15, 0.2) is 47.4 Å². The number of sulfonamides is 1. The zero-order chi connectivity index (χ0) is 15.6. The number of carbonyl (C=O) groups is 1. The summed E-state index contributed by atoms with van der Waals surface area (Å²) in [5.41, 5.74) is 5.33. The van der Waals surface area contributed by atoms with Gasteiger partial charge in [-0.25, -0.2) is 8.42 Å². The van der Waals surface area contributed by atoms with Gasteiger partial charge in [0.05, 0.1) is 21.3 Å². The number of rotatable bonds is 4. The molecule has 2 aromatic rings. The van der Waals surface area contributed by atoms with Crippen molar-refractivity contribution in [1.82, 2.24) is 0 Å². The lowest BCUT2D eigenvalue weighted by Crippen LogP contribution is -2.18. The van der Waals surface area contributed by atoms with E-state index in [0.29, 0.717) is 0 Å². The van der Waals surface area contributed by atoms with Crippen molar-refractivity contribution < 1.29 is 13.2 Å². The van der Waals surface area contributed by atoms with Crippen LogP contribution >= 0.6 is 23.2 Å². The number of hydrogen-bond donors (Lipinski definition) is 2. The van der Waals surface area contributed by atoms with Crippen LogP contribution in [0.25, 0.3) is 0 Å². The van der Waals surface area contributed by atoms with Crippen molar-refractivity contribution in [3.05, 3.63) is 58.1 Å². The summed E-state index contributed by atoms with van der Waals surface area (Å²) in [6.07, 6.45) is 0. The lowest BCUT2D eigenvalue weighted by Gasteiger charge is -2.12. The maximum absolute atomic E-state index is 12.3. The smallest absolute Gasteiger partial charge is 0.263 e. The standard InChI is InChI=1S/C13H10Cl2N2O3S/c14-9-5-3-7-11(12(9)15)21(19,20)17-10-6-2-1-4-8(10)13(16)18/h1-7,17H,(H2,16,18). The number of halogens is 2. The summed E-state index contributed by atoms with van der Waals surface area (Å²) >= 11 is 11.7. The van der Waals surface area contributed by atoms with E-state index >= 15 is 0 Å². The molecule has 2 aromatic carbocycles. The van der Waals surface area contributed by atoms with Crippen LogP contribution in [-0.4, -0.2) is 14.3 Å². The average Bonchev–Trinajstić information content (AvgIpc) is 2.41. The van der Waals surface area contributed by atoms with Crippen LogP contribution in [0.2, 0.25) is 10.0 Å². The van der Waals surface area contributed by atoms with Crippen molar-refractivity contribution in [3.8, 4) is 0 Å². The van der Waals surface area contributed by atoms with Gasteiger partial charge in [-0.15, -0.1) is 0 Å². The van der Waals surface area contributed by atoms with Gasteiger partial charge in [-0.1, -0.05) is 41.4 Å². The number of carbonyl (C=O) groups excluding carboxylic acids is 1. The predicted molar refractivity (Wildman–Crippen MR) is 82.2 cm³/mol. The highest BCUT2D eigenvalue weighted by Crippen LogP contribution is 2.30. The first-order chi connectivity index (χ1) is 9.83. The number of amides is 1. The normalized spacial score (nSPS) is 11.1. The van der Waals surface area contributed by atoms with Gasteiger partial charge < -0.3 is 5.73 Å². The number of nitrogens with two attached hydrogens (primary N) is 1. The van der Waals surface area contributed by atoms with Crippen LogP contribution in [0.3, 0.4) is 0 Å². The van der Waals surface area contributed by atoms with E-state index in [1.165, 1.54) is 30.3 Å². The Bertz CT molecular complexity index is 807. The number of benzene rings is 2. The minimum atomic E-state index is -4.00. The van der Waals surface area contributed by atoms with Crippen molar-refractivity contribution in [1.29, 1.82) is 0 Å². The average molecular weight is 345 g/mol. The fourth-order valence-electron chi connectivity index (χ4n) is 1.68. The molecule has 8 heteroatoms. The maximum Gasteiger partial charge on any atom is 0.263 e. The largest absolute Gasteiger partial charge is 0.366 e. The molecule has 1 amide bonds. The highest BCUT2D eigenvalue weighted by atomic mass is 35.5. The summed E-state index contributed by atoms with van der Waals surface area (Å²) in [5, 5.41) is 0.0194. The van der Waals surface area contributed by atoms with Gasteiger partial charge in [0.2, 0.25) is 0 Å². The molecular weight excluding hydrogens is 335 g/mol. The van der Waals surface area contributed by atoms with E-state index in [-0.39, 0.29) is 26.2 Å². The third-order valence-electron chi connectivity index (χ3n) is 2.64. The Balaban J connectivity index is 2.48. The topological polar surface area (TPSA) is 89.3 Å². The molecule has 2 rings (SSSR count). The van der Waals surface area contributed by atoms with Gasteiger partial charge in [0.1, 0.15) is 4.90 Å². The second-order valence-electron chi connectivity index (χ2n) is 4.07. The molecule has 0 aliphatic carbocycles. The molecule has 0 aromatic heterocycles. The first-order valence-corrected chi connectivity index (χ1v) is 7.92. The van der Waals surface area contributed by atoms with Crippen LogP contribution < -0.4 is 10.5 Å². The number of para-hydroxylation sites is 1. The Morgan fingerprint density at radius 2 is 1.71 bits per heavy atom. The maximum atomic E-state index is 12.3. The van der Waals surface area contributed by atoms with Gasteiger partial charge >= 0.3 is 0 Å². The Labute approximate surface area is 131 Å². The van der Waals surface area contributed by atoms with Gasteiger partial charge in [-0.3, -0.25) is 9.52 Å². The molecule has 21 heavy (non-hydrogen) atoms. The van der Waals surface area contributed by atoms with Crippen molar-refractivity contribution in [3.63, 3.8) is 0 Å². The second kappa shape index (κ2) is 5.93. The molecule has 0 heterocycles. The Kier molecular flexibility index (Phi) is 4.41. The van der Waals surface area contributed by atoms with Crippen LogP contribution in [0.4, 0.5) is 5.69 Å². The van der Waals surface area contributed by atoms with Gasteiger partial charge in [0.25, 0.3) is 15.9 Å². The molecule has 0 fully saturated rings. The minimum absolute atomic E-state index is 0.0548. The first kappa shape index (κ1) is 15.6. The van der Waals surface area contributed by atoms with Gasteiger partial charge in [0.15, 0.2) is 0 Å². The summed E-state index contributed by atoms with van der Waals surface area (Å²) in [6.45, 7) is 0. The van der Waals surface area contributed by atoms with E-state index in [4.69, 9.17) is 28.9 Å². The lowest BCUT2D eigenvalue weighted by atomic mass is 10.2. The Morgan fingerprint density at radius 3 is 2.38 bits per heavy atom.